The standard InChI is InChI=1S/C23H16N2O6/c26-18-11-9-16(10-12-18)24-20(15-7-4-8-17(13-15)25(30)31)19(22(28)23(24)29)21(27)14-5-2-1-3-6-14/h1-13,20,26-27H/t20-/m1/s1. The molecule has 1 fully saturated rings. The van der Waals surface area contributed by atoms with Gasteiger partial charge in [0.1, 0.15) is 11.5 Å². The number of hydrogen-bond donors (Lipinski definition) is 2. The average Bonchev–Trinajstić information content (AvgIpc) is 3.05. The number of phenols is 1. The Morgan fingerprint density at radius 3 is 2.26 bits per heavy atom. The number of amides is 1. The molecular weight excluding hydrogens is 400 g/mol. The van der Waals surface area contributed by atoms with Crippen molar-refractivity contribution >= 4 is 28.8 Å². The molecule has 31 heavy (non-hydrogen) atoms. The number of hydrogen-bond acceptors (Lipinski definition) is 6. The molecule has 3 aromatic carbocycles. The van der Waals surface area contributed by atoms with Crippen LogP contribution in [0, 0.1) is 10.1 Å². The van der Waals surface area contributed by atoms with Crippen molar-refractivity contribution in [3.63, 3.8) is 0 Å². The molecule has 0 spiro atoms. The van der Waals surface area contributed by atoms with Gasteiger partial charge in [0.2, 0.25) is 0 Å². The van der Waals surface area contributed by atoms with Crippen molar-refractivity contribution in [1.82, 2.24) is 0 Å². The molecule has 0 saturated carbocycles. The van der Waals surface area contributed by atoms with E-state index in [4.69, 9.17) is 0 Å². The van der Waals surface area contributed by atoms with Gasteiger partial charge in [-0.3, -0.25) is 24.6 Å². The van der Waals surface area contributed by atoms with E-state index in [0.717, 1.165) is 4.90 Å². The number of nitro groups is 1. The first kappa shape index (κ1) is 19.8. The highest BCUT2D eigenvalue weighted by molar-refractivity contribution is 6.51. The van der Waals surface area contributed by atoms with Gasteiger partial charge in [0, 0.05) is 23.4 Å². The predicted molar refractivity (Wildman–Crippen MR) is 112 cm³/mol. The number of carbonyl (C=O) groups is 2. The smallest absolute Gasteiger partial charge is 0.300 e. The van der Waals surface area contributed by atoms with Crippen LogP contribution in [0.2, 0.25) is 0 Å². The summed E-state index contributed by atoms with van der Waals surface area (Å²) in [6.07, 6.45) is 0. The maximum absolute atomic E-state index is 13.0. The summed E-state index contributed by atoms with van der Waals surface area (Å²) >= 11 is 0. The van der Waals surface area contributed by atoms with Crippen molar-refractivity contribution in [3.05, 3.63) is 106 Å². The first-order valence-corrected chi connectivity index (χ1v) is 9.28. The van der Waals surface area contributed by atoms with Crippen molar-refractivity contribution < 1.29 is 24.7 Å². The minimum Gasteiger partial charge on any atom is -0.508 e. The summed E-state index contributed by atoms with van der Waals surface area (Å²) in [6.45, 7) is 0. The Morgan fingerprint density at radius 1 is 0.935 bits per heavy atom. The number of nitro benzene ring substituents is 1. The maximum atomic E-state index is 13.0. The molecule has 1 saturated heterocycles. The number of aliphatic hydroxyl groups is 1. The summed E-state index contributed by atoms with van der Waals surface area (Å²) in [7, 11) is 0. The Labute approximate surface area is 176 Å². The van der Waals surface area contributed by atoms with Crippen LogP contribution in [0.1, 0.15) is 17.2 Å². The highest BCUT2D eigenvalue weighted by atomic mass is 16.6. The topological polar surface area (TPSA) is 121 Å². The van der Waals surface area contributed by atoms with E-state index in [1.165, 1.54) is 42.5 Å². The van der Waals surface area contributed by atoms with E-state index in [1.807, 2.05) is 0 Å². The first-order valence-electron chi connectivity index (χ1n) is 9.28. The number of non-ortho nitro benzene ring substituents is 1. The normalized spacial score (nSPS) is 17.7. The lowest BCUT2D eigenvalue weighted by atomic mass is 9.95. The summed E-state index contributed by atoms with van der Waals surface area (Å²) < 4.78 is 0. The number of rotatable bonds is 4. The Hall–Kier alpha value is -4.46. The maximum Gasteiger partial charge on any atom is 0.300 e. The van der Waals surface area contributed by atoms with Gasteiger partial charge in [0.15, 0.2) is 0 Å². The molecule has 0 unspecified atom stereocenters. The third kappa shape index (κ3) is 3.51. The molecular formula is C23H16N2O6. The average molecular weight is 416 g/mol. The van der Waals surface area contributed by atoms with E-state index in [-0.39, 0.29) is 22.8 Å². The summed E-state index contributed by atoms with van der Waals surface area (Å²) in [5.74, 6) is -2.21. The van der Waals surface area contributed by atoms with Crippen molar-refractivity contribution in [2.75, 3.05) is 4.90 Å². The van der Waals surface area contributed by atoms with E-state index in [9.17, 15) is 29.9 Å². The van der Waals surface area contributed by atoms with Crippen LogP contribution >= 0.6 is 0 Å². The van der Waals surface area contributed by atoms with Gasteiger partial charge in [-0.1, -0.05) is 42.5 Å². The molecule has 0 radical (unpaired) electrons. The van der Waals surface area contributed by atoms with Gasteiger partial charge in [-0.25, -0.2) is 0 Å². The van der Waals surface area contributed by atoms with Gasteiger partial charge in [-0.15, -0.1) is 0 Å². The lowest BCUT2D eigenvalue weighted by Gasteiger charge is -2.25. The summed E-state index contributed by atoms with van der Waals surface area (Å²) in [5.41, 5.74) is 0.530. The Morgan fingerprint density at radius 2 is 1.61 bits per heavy atom. The molecule has 0 aliphatic carbocycles. The van der Waals surface area contributed by atoms with Gasteiger partial charge in [0.25, 0.3) is 17.4 Å². The van der Waals surface area contributed by atoms with E-state index in [1.54, 1.807) is 36.4 Å². The molecule has 1 heterocycles. The van der Waals surface area contributed by atoms with E-state index in [2.05, 4.69) is 0 Å². The number of aliphatic hydroxyl groups excluding tert-OH is 1. The molecule has 1 amide bonds. The van der Waals surface area contributed by atoms with Gasteiger partial charge in [-0.2, -0.15) is 0 Å². The number of carbonyl (C=O) groups excluding carboxylic acids is 2. The molecule has 1 atom stereocenters. The van der Waals surface area contributed by atoms with Crippen molar-refractivity contribution in [3.8, 4) is 5.75 Å². The Balaban J connectivity index is 1.97. The molecule has 0 bridgehead atoms. The second-order valence-electron chi connectivity index (χ2n) is 6.90. The van der Waals surface area contributed by atoms with Crippen LogP contribution in [0.25, 0.3) is 5.76 Å². The second-order valence-corrected chi connectivity index (χ2v) is 6.90. The van der Waals surface area contributed by atoms with Crippen LogP contribution in [0.3, 0.4) is 0 Å². The monoisotopic (exact) mass is 416 g/mol. The summed E-state index contributed by atoms with van der Waals surface area (Å²) in [5, 5.41) is 31.8. The van der Waals surface area contributed by atoms with Crippen molar-refractivity contribution in [2.24, 2.45) is 0 Å². The fraction of sp³-hybridized carbons (Fsp3) is 0.0435. The molecule has 0 aromatic heterocycles. The molecule has 1 aliphatic heterocycles. The van der Waals surface area contributed by atoms with Crippen LogP contribution in [-0.2, 0) is 9.59 Å². The number of benzene rings is 3. The number of aromatic hydroxyl groups is 1. The molecule has 154 valence electrons. The van der Waals surface area contributed by atoms with Crippen LogP contribution in [-0.4, -0.2) is 26.8 Å². The zero-order valence-electron chi connectivity index (χ0n) is 16.0. The van der Waals surface area contributed by atoms with Gasteiger partial charge >= 0.3 is 0 Å². The molecule has 1 aliphatic rings. The minimum absolute atomic E-state index is 0.0310. The summed E-state index contributed by atoms with van der Waals surface area (Å²) in [6, 6.07) is 18.4. The first-order chi connectivity index (χ1) is 14.9. The van der Waals surface area contributed by atoms with Gasteiger partial charge in [0.05, 0.1) is 16.5 Å². The second kappa shape index (κ2) is 7.75. The molecule has 2 N–H and O–H groups in total. The third-order valence-corrected chi connectivity index (χ3v) is 5.02. The van der Waals surface area contributed by atoms with Crippen LogP contribution < -0.4 is 4.90 Å². The van der Waals surface area contributed by atoms with E-state index >= 15 is 0 Å². The SMILES string of the molecule is O=C1C(=O)N(c2ccc(O)cc2)[C@H](c2cccc([N+](=O)[O-])c2)C1=C(O)c1ccccc1. The minimum atomic E-state index is -1.09. The van der Waals surface area contributed by atoms with Crippen LogP contribution in [0.15, 0.2) is 84.4 Å². The van der Waals surface area contributed by atoms with Crippen LogP contribution in [0.5, 0.6) is 5.75 Å². The lowest BCUT2D eigenvalue weighted by molar-refractivity contribution is -0.384. The highest BCUT2D eigenvalue weighted by Crippen LogP contribution is 2.43. The number of ketones is 1. The van der Waals surface area contributed by atoms with Crippen LogP contribution in [0.4, 0.5) is 11.4 Å². The number of nitrogens with zero attached hydrogens (tertiary/aromatic N) is 2. The van der Waals surface area contributed by atoms with Crippen molar-refractivity contribution in [2.45, 2.75) is 6.04 Å². The number of anilines is 1. The molecule has 4 rings (SSSR count). The zero-order valence-corrected chi connectivity index (χ0v) is 16.0. The van der Waals surface area contributed by atoms with Gasteiger partial charge in [-0.05, 0) is 29.8 Å². The van der Waals surface area contributed by atoms with E-state index < -0.39 is 22.7 Å². The quantitative estimate of drug-likeness (QED) is 0.219. The molecule has 8 nitrogen and oxygen atoms in total. The Kier molecular flexibility index (Phi) is 4.96. The van der Waals surface area contributed by atoms with Crippen molar-refractivity contribution in [1.29, 1.82) is 0 Å². The fourth-order valence-corrected chi connectivity index (χ4v) is 3.59. The van der Waals surface area contributed by atoms with Gasteiger partial charge < -0.3 is 10.2 Å². The Bertz CT molecular complexity index is 1220. The fourth-order valence-electron chi connectivity index (χ4n) is 3.59. The largest absolute Gasteiger partial charge is 0.508 e. The van der Waals surface area contributed by atoms with E-state index in [0.29, 0.717) is 16.8 Å². The predicted octanol–water partition coefficient (Wildman–Crippen LogP) is 3.93. The zero-order chi connectivity index (χ0) is 22.1. The number of phenolic OH excluding ortho intramolecular Hbond substituents is 1. The highest BCUT2D eigenvalue weighted by Gasteiger charge is 2.47. The lowest BCUT2D eigenvalue weighted by Crippen LogP contribution is -2.29. The summed E-state index contributed by atoms with van der Waals surface area (Å²) in [4.78, 5) is 37.8. The molecule has 3 aromatic rings. The third-order valence-electron chi connectivity index (χ3n) is 5.02. The number of Topliss-reactive ketones (excluding diaryl/α,β-unsaturated/α-hetero) is 1. The molecule has 8 heteroatoms.